The molecule has 1 fully saturated rings. The molecule has 0 bridgehead atoms. The molecule has 0 unspecified atom stereocenters. The van der Waals surface area contributed by atoms with Gasteiger partial charge in [-0.1, -0.05) is 0 Å². The van der Waals surface area contributed by atoms with E-state index in [9.17, 15) is 0 Å². The molecule has 0 atom stereocenters. The van der Waals surface area contributed by atoms with Crippen molar-refractivity contribution < 1.29 is 0 Å². The van der Waals surface area contributed by atoms with Gasteiger partial charge in [-0.05, 0) is 59.9 Å². The highest BCUT2D eigenvalue weighted by atomic mass is 79.9. The number of hydrogen-bond donors (Lipinski definition) is 2. The molecule has 0 spiro atoms. The average molecular weight is 270 g/mol. The van der Waals surface area contributed by atoms with Gasteiger partial charge in [-0.3, -0.25) is 0 Å². The Morgan fingerprint density at radius 1 is 1.47 bits per heavy atom. The van der Waals surface area contributed by atoms with Gasteiger partial charge < -0.3 is 10.6 Å². The highest BCUT2D eigenvalue weighted by Gasteiger charge is 2.12. The summed E-state index contributed by atoms with van der Waals surface area (Å²) < 4.78 is 1.04. The largest absolute Gasteiger partial charge is 0.369 e. The van der Waals surface area contributed by atoms with Crippen LogP contribution in [0.2, 0.25) is 0 Å². The predicted octanol–water partition coefficient (Wildman–Crippen LogP) is 2.26. The molecule has 2 rings (SSSR count). The lowest BCUT2D eigenvalue weighted by Crippen LogP contribution is -2.31. The Morgan fingerprint density at radius 3 is 3.00 bits per heavy atom. The van der Waals surface area contributed by atoms with E-state index >= 15 is 0 Å². The van der Waals surface area contributed by atoms with Gasteiger partial charge in [0, 0.05) is 12.7 Å². The third kappa shape index (κ3) is 3.18. The fraction of sp³-hybridized carbons (Fsp3) is 0.545. The number of hydrogen-bond acceptors (Lipinski definition) is 3. The van der Waals surface area contributed by atoms with E-state index in [1.54, 1.807) is 0 Å². The summed E-state index contributed by atoms with van der Waals surface area (Å²) in [6.07, 6.45) is 4.34. The van der Waals surface area contributed by atoms with Crippen molar-refractivity contribution in [1.29, 1.82) is 0 Å². The van der Waals surface area contributed by atoms with Crippen LogP contribution in [0.5, 0.6) is 0 Å². The highest BCUT2D eigenvalue weighted by Crippen LogP contribution is 2.19. The van der Waals surface area contributed by atoms with Crippen molar-refractivity contribution in [2.45, 2.75) is 12.8 Å². The van der Waals surface area contributed by atoms with Gasteiger partial charge in [0.25, 0.3) is 0 Å². The van der Waals surface area contributed by atoms with Crippen LogP contribution in [0.4, 0.5) is 5.82 Å². The summed E-state index contributed by atoms with van der Waals surface area (Å²) in [5.74, 6) is 1.73. The Morgan fingerprint density at radius 2 is 2.27 bits per heavy atom. The van der Waals surface area contributed by atoms with E-state index in [0.717, 1.165) is 35.8 Å². The molecule has 0 radical (unpaired) electrons. The summed E-state index contributed by atoms with van der Waals surface area (Å²) in [5, 5.41) is 6.77. The minimum absolute atomic E-state index is 0.778. The molecule has 1 saturated heterocycles. The standard InChI is InChI=1S/C11H16BrN3/c12-10-2-1-5-14-11(10)15-8-9-3-6-13-7-4-9/h1-2,5,9,13H,3-4,6-8H2,(H,14,15). The van der Waals surface area contributed by atoms with E-state index in [1.165, 1.54) is 12.8 Å². The monoisotopic (exact) mass is 269 g/mol. The molecule has 2 N–H and O–H groups in total. The lowest BCUT2D eigenvalue weighted by Gasteiger charge is -2.23. The van der Waals surface area contributed by atoms with Crippen LogP contribution in [0.25, 0.3) is 0 Å². The number of rotatable bonds is 3. The van der Waals surface area contributed by atoms with Crippen molar-refractivity contribution in [3.8, 4) is 0 Å². The third-order valence-corrected chi connectivity index (χ3v) is 3.42. The van der Waals surface area contributed by atoms with E-state index in [1.807, 2.05) is 18.3 Å². The maximum absolute atomic E-state index is 4.29. The first kappa shape index (κ1) is 10.9. The second-order valence-corrected chi connectivity index (χ2v) is 4.76. The van der Waals surface area contributed by atoms with Gasteiger partial charge >= 0.3 is 0 Å². The Labute approximate surface area is 98.8 Å². The van der Waals surface area contributed by atoms with Gasteiger partial charge in [-0.25, -0.2) is 4.98 Å². The third-order valence-electron chi connectivity index (χ3n) is 2.78. The van der Waals surface area contributed by atoms with Gasteiger partial charge in [0.05, 0.1) is 4.47 Å². The molecule has 4 heteroatoms. The summed E-state index contributed by atoms with van der Waals surface area (Å²) in [6.45, 7) is 3.32. The van der Waals surface area contributed by atoms with Crippen LogP contribution in [0.15, 0.2) is 22.8 Å². The molecule has 2 heterocycles. The van der Waals surface area contributed by atoms with Crippen LogP contribution in [-0.4, -0.2) is 24.6 Å². The molecule has 3 nitrogen and oxygen atoms in total. The summed E-state index contributed by atoms with van der Waals surface area (Å²) in [5.41, 5.74) is 0. The van der Waals surface area contributed by atoms with E-state index in [0.29, 0.717) is 0 Å². The Kier molecular flexibility index (Phi) is 3.97. The molecule has 1 aliphatic rings. The van der Waals surface area contributed by atoms with E-state index < -0.39 is 0 Å². The van der Waals surface area contributed by atoms with Crippen LogP contribution in [0, 0.1) is 5.92 Å². The lowest BCUT2D eigenvalue weighted by atomic mass is 9.98. The van der Waals surface area contributed by atoms with Gasteiger partial charge in [0.15, 0.2) is 0 Å². The molecule has 1 aromatic heterocycles. The maximum Gasteiger partial charge on any atom is 0.140 e. The average Bonchev–Trinajstić information content (AvgIpc) is 2.29. The van der Waals surface area contributed by atoms with Crippen molar-refractivity contribution in [2.24, 2.45) is 5.92 Å². The first-order valence-corrected chi connectivity index (χ1v) is 6.20. The summed E-state index contributed by atoms with van der Waals surface area (Å²) in [4.78, 5) is 4.29. The summed E-state index contributed by atoms with van der Waals surface area (Å²) in [7, 11) is 0. The second-order valence-electron chi connectivity index (χ2n) is 3.91. The number of anilines is 1. The molecule has 0 saturated carbocycles. The Hall–Kier alpha value is -0.610. The normalized spacial score (nSPS) is 17.7. The first-order chi connectivity index (χ1) is 7.36. The van der Waals surface area contributed by atoms with Gasteiger partial charge in [0.1, 0.15) is 5.82 Å². The summed E-state index contributed by atoms with van der Waals surface area (Å²) >= 11 is 3.48. The van der Waals surface area contributed by atoms with E-state index in [-0.39, 0.29) is 0 Å². The maximum atomic E-state index is 4.29. The molecule has 82 valence electrons. The quantitative estimate of drug-likeness (QED) is 0.884. The molecule has 0 amide bonds. The molecular formula is C11H16BrN3. The molecular weight excluding hydrogens is 254 g/mol. The number of pyridine rings is 1. The summed E-state index contributed by atoms with van der Waals surface area (Å²) in [6, 6.07) is 3.94. The van der Waals surface area contributed by atoms with Crippen LogP contribution in [-0.2, 0) is 0 Å². The van der Waals surface area contributed by atoms with Crippen molar-refractivity contribution in [1.82, 2.24) is 10.3 Å². The number of nitrogens with one attached hydrogen (secondary N) is 2. The van der Waals surface area contributed by atoms with Crippen LogP contribution in [0.1, 0.15) is 12.8 Å². The predicted molar refractivity (Wildman–Crippen MR) is 66.0 cm³/mol. The zero-order chi connectivity index (χ0) is 10.5. The number of nitrogens with zero attached hydrogens (tertiary/aromatic N) is 1. The molecule has 1 aromatic rings. The van der Waals surface area contributed by atoms with Gasteiger partial charge in [-0.2, -0.15) is 0 Å². The van der Waals surface area contributed by atoms with Gasteiger partial charge in [-0.15, -0.1) is 0 Å². The number of aromatic nitrogens is 1. The zero-order valence-electron chi connectivity index (χ0n) is 8.67. The van der Waals surface area contributed by atoms with Crippen molar-refractivity contribution >= 4 is 21.7 Å². The minimum atomic E-state index is 0.778. The Balaban J connectivity index is 1.84. The Bertz CT molecular complexity index is 310. The van der Waals surface area contributed by atoms with Gasteiger partial charge in [0.2, 0.25) is 0 Å². The first-order valence-electron chi connectivity index (χ1n) is 5.41. The molecule has 0 aliphatic carbocycles. The molecule has 15 heavy (non-hydrogen) atoms. The van der Waals surface area contributed by atoms with Crippen LogP contribution < -0.4 is 10.6 Å². The van der Waals surface area contributed by atoms with E-state index in [2.05, 4.69) is 31.5 Å². The fourth-order valence-corrected chi connectivity index (χ4v) is 2.24. The van der Waals surface area contributed by atoms with Crippen LogP contribution in [0.3, 0.4) is 0 Å². The number of piperidine rings is 1. The highest BCUT2D eigenvalue weighted by molar-refractivity contribution is 9.10. The number of halogens is 1. The smallest absolute Gasteiger partial charge is 0.140 e. The van der Waals surface area contributed by atoms with Crippen molar-refractivity contribution in [3.05, 3.63) is 22.8 Å². The molecule has 0 aromatic carbocycles. The molecule has 1 aliphatic heterocycles. The minimum Gasteiger partial charge on any atom is -0.369 e. The zero-order valence-corrected chi connectivity index (χ0v) is 10.3. The van der Waals surface area contributed by atoms with Crippen molar-refractivity contribution in [2.75, 3.05) is 25.0 Å². The lowest BCUT2D eigenvalue weighted by molar-refractivity contribution is 0.389. The SMILES string of the molecule is Brc1cccnc1NCC1CCNCC1. The topological polar surface area (TPSA) is 37.0 Å². The fourth-order valence-electron chi connectivity index (χ4n) is 1.84. The van der Waals surface area contributed by atoms with E-state index in [4.69, 9.17) is 0 Å². The van der Waals surface area contributed by atoms with Crippen LogP contribution >= 0.6 is 15.9 Å². The second kappa shape index (κ2) is 5.47. The van der Waals surface area contributed by atoms with Crippen molar-refractivity contribution in [3.63, 3.8) is 0 Å².